The Bertz CT molecular complexity index is 1370. The molecule has 1 aliphatic rings. The molecule has 1 saturated heterocycles. The zero-order chi connectivity index (χ0) is 22.9. The van der Waals surface area contributed by atoms with Crippen molar-refractivity contribution in [1.29, 1.82) is 0 Å². The van der Waals surface area contributed by atoms with Crippen LogP contribution in [0.15, 0.2) is 59.4 Å². The highest BCUT2D eigenvalue weighted by Gasteiger charge is 2.23. The van der Waals surface area contributed by atoms with E-state index in [1.165, 1.54) is 34.1 Å². The first-order chi connectivity index (χ1) is 16.0. The number of hydrogen-bond donors (Lipinski definition) is 0. The van der Waals surface area contributed by atoms with Gasteiger partial charge in [0.2, 0.25) is 4.96 Å². The third-order valence-electron chi connectivity index (χ3n) is 5.71. The van der Waals surface area contributed by atoms with E-state index in [2.05, 4.69) is 15.0 Å². The fourth-order valence-corrected chi connectivity index (χ4v) is 4.81. The lowest BCUT2D eigenvalue weighted by Crippen LogP contribution is -2.48. The van der Waals surface area contributed by atoms with Gasteiger partial charge in [-0.15, -0.1) is 0 Å². The lowest BCUT2D eigenvalue weighted by molar-refractivity contribution is 0.0627. The minimum atomic E-state index is -0.354. The molecular weight excluding hydrogens is 441 g/mol. The summed E-state index contributed by atoms with van der Waals surface area (Å²) in [5.41, 5.74) is 2.84. The number of carbonyl (C=O) groups is 1. The molecular formula is C24H22FN5O2S. The van der Waals surface area contributed by atoms with Gasteiger partial charge in [-0.25, -0.2) is 9.37 Å². The van der Waals surface area contributed by atoms with Crippen LogP contribution in [-0.2, 0) is 6.54 Å². The van der Waals surface area contributed by atoms with E-state index in [1.54, 1.807) is 12.1 Å². The SMILES string of the molecule is Cc1ccc(C(=O)N2CCN(Cc3cc(=O)n4nc(-c5cccc(F)c5)sc4n3)CC2)cc1. The summed E-state index contributed by atoms with van der Waals surface area (Å²) in [4.78, 5) is 34.5. The van der Waals surface area contributed by atoms with Gasteiger partial charge in [-0.3, -0.25) is 14.5 Å². The standard InChI is InChI=1S/C24H22FN5O2S/c1-16-5-7-17(8-6-16)23(32)29-11-9-28(10-12-29)15-20-14-21(31)30-24(26-20)33-22(27-30)18-3-2-4-19(25)13-18/h2-8,13-14H,9-12,15H2,1H3. The maximum atomic E-state index is 13.6. The first-order valence-electron chi connectivity index (χ1n) is 10.7. The number of amides is 1. The number of benzene rings is 2. The molecule has 0 bridgehead atoms. The molecule has 0 atom stereocenters. The number of aromatic nitrogens is 3. The van der Waals surface area contributed by atoms with E-state index in [0.29, 0.717) is 59.5 Å². The topological polar surface area (TPSA) is 70.8 Å². The second-order valence-electron chi connectivity index (χ2n) is 8.13. The molecule has 9 heteroatoms. The largest absolute Gasteiger partial charge is 0.336 e. The summed E-state index contributed by atoms with van der Waals surface area (Å²) in [6.45, 7) is 5.17. The second kappa shape index (κ2) is 8.84. The normalized spacial score (nSPS) is 14.7. The van der Waals surface area contributed by atoms with E-state index in [1.807, 2.05) is 36.1 Å². The molecule has 7 nitrogen and oxygen atoms in total. The summed E-state index contributed by atoms with van der Waals surface area (Å²) in [5, 5.41) is 4.85. The van der Waals surface area contributed by atoms with Gasteiger partial charge in [-0.05, 0) is 31.2 Å². The number of aryl methyl sites for hydroxylation is 1. The van der Waals surface area contributed by atoms with Crippen molar-refractivity contribution in [2.24, 2.45) is 0 Å². The smallest absolute Gasteiger partial charge is 0.275 e. The molecule has 0 unspecified atom stereocenters. The van der Waals surface area contributed by atoms with E-state index in [-0.39, 0.29) is 17.3 Å². The summed E-state index contributed by atoms with van der Waals surface area (Å²) in [5.74, 6) is -0.310. The Hall–Kier alpha value is -3.43. The van der Waals surface area contributed by atoms with Crippen LogP contribution in [-0.4, -0.2) is 56.5 Å². The first kappa shape index (κ1) is 21.4. The Morgan fingerprint density at radius 3 is 2.55 bits per heavy atom. The Morgan fingerprint density at radius 1 is 1.06 bits per heavy atom. The highest BCUT2D eigenvalue weighted by molar-refractivity contribution is 7.19. The average molecular weight is 464 g/mol. The minimum absolute atomic E-state index is 0.0435. The Balaban J connectivity index is 1.27. The minimum Gasteiger partial charge on any atom is -0.336 e. The van der Waals surface area contributed by atoms with Crippen molar-refractivity contribution in [3.63, 3.8) is 0 Å². The molecule has 0 spiro atoms. The van der Waals surface area contributed by atoms with E-state index in [9.17, 15) is 14.0 Å². The lowest BCUT2D eigenvalue weighted by Gasteiger charge is -2.34. The number of nitrogens with zero attached hydrogens (tertiary/aromatic N) is 5. The molecule has 0 N–H and O–H groups in total. The summed E-state index contributed by atoms with van der Waals surface area (Å²) in [7, 11) is 0. The summed E-state index contributed by atoms with van der Waals surface area (Å²) in [6, 6.07) is 15.2. The maximum Gasteiger partial charge on any atom is 0.275 e. The van der Waals surface area contributed by atoms with Crippen LogP contribution in [0.25, 0.3) is 15.5 Å². The summed E-state index contributed by atoms with van der Waals surface area (Å²) < 4.78 is 14.8. The first-order valence-corrected chi connectivity index (χ1v) is 11.5. The van der Waals surface area contributed by atoms with Crippen LogP contribution in [0.2, 0.25) is 0 Å². The molecule has 2 aromatic carbocycles. The molecule has 1 amide bonds. The van der Waals surface area contributed by atoms with Crippen molar-refractivity contribution >= 4 is 22.2 Å². The number of fused-ring (bicyclic) bond motifs is 1. The number of halogens is 1. The molecule has 4 aromatic rings. The van der Waals surface area contributed by atoms with Crippen LogP contribution in [0.4, 0.5) is 4.39 Å². The van der Waals surface area contributed by atoms with Crippen molar-refractivity contribution in [2.75, 3.05) is 26.2 Å². The second-order valence-corrected chi connectivity index (χ2v) is 9.09. The van der Waals surface area contributed by atoms with Gasteiger partial charge < -0.3 is 4.90 Å². The van der Waals surface area contributed by atoms with Gasteiger partial charge in [-0.1, -0.05) is 41.2 Å². The Labute approximate surface area is 193 Å². The van der Waals surface area contributed by atoms with Crippen LogP contribution in [0, 0.1) is 12.7 Å². The van der Waals surface area contributed by atoms with Gasteiger partial charge in [0.15, 0.2) is 0 Å². The molecule has 1 fully saturated rings. The Kier molecular flexibility index (Phi) is 5.74. The fourth-order valence-electron chi connectivity index (χ4n) is 3.89. The molecule has 0 radical (unpaired) electrons. The van der Waals surface area contributed by atoms with Crippen molar-refractivity contribution in [3.05, 3.63) is 87.6 Å². The van der Waals surface area contributed by atoms with Gasteiger partial charge in [0, 0.05) is 49.9 Å². The van der Waals surface area contributed by atoms with Crippen molar-refractivity contribution < 1.29 is 9.18 Å². The highest BCUT2D eigenvalue weighted by Crippen LogP contribution is 2.25. The zero-order valence-corrected chi connectivity index (χ0v) is 18.9. The molecule has 1 aliphatic heterocycles. The average Bonchev–Trinajstić information content (AvgIpc) is 3.25. The van der Waals surface area contributed by atoms with E-state index < -0.39 is 0 Å². The number of hydrogen-bond acceptors (Lipinski definition) is 6. The molecule has 0 aliphatic carbocycles. The van der Waals surface area contributed by atoms with Crippen molar-refractivity contribution in [1.82, 2.24) is 24.4 Å². The predicted molar refractivity (Wildman–Crippen MR) is 125 cm³/mol. The molecule has 0 saturated carbocycles. The highest BCUT2D eigenvalue weighted by atomic mass is 32.1. The fraction of sp³-hybridized carbons (Fsp3) is 0.250. The summed E-state index contributed by atoms with van der Waals surface area (Å²) >= 11 is 1.25. The number of carbonyl (C=O) groups excluding carboxylic acids is 1. The van der Waals surface area contributed by atoms with Gasteiger partial charge in [0.1, 0.15) is 10.8 Å². The van der Waals surface area contributed by atoms with Gasteiger partial charge >= 0.3 is 0 Å². The lowest BCUT2D eigenvalue weighted by atomic mass is 10.1. The molecule has 33 heavy (non-hydrogen) atoms. The number of rotatable bonds is 4. The monoisotopic (exact) mass is 463 g/mol. The molecule has 168 valence electrons. The molecule has 2 aromatic heterocycles. The third-order valence-corrected chi connectivity index (χ3v) is 6.67. The van der Waals surface area contributed by atoms with E-state index >= 15 is 0 Å². The molecule has 3 heterocycles. The summed E-state index contributed by atoms with van der Waals surface area (Å²) in [6.07, 6.45) is 0. The van der Waals surface area contributed by atoms with Crippen LogP contribution < -0.4 is 5.56 Å². The quantitative estimate of drug-likeness (QED) is 0.465. The predicted octanol–water partition coefficient (Wildman–Crippen LogP) is 3.22. The van der Waals surface area contributed by atoms with Crippen LogP contribution >= 0.6 is 11.3 Å². The van der Waals surface area contributed by atoms with Gasteiger partial charge in [-0.2, -0.15) is 9.61 Å². The third kappa shape index (κ3) is 4.55. The van der Waals surface area contributed by atoms with Gasteiger partial charge in [0.25, 0.3) is 11.5 Å². The van der Waals surface area contributed by atoms with Crippen molar-refractivity contribution in [3.8, 4) is 10.6 Å². The number of piperazine rings is 1. The van der Waals surface area contributed by atoms with Crippen LogP contribution in [0.5, 0.6) is 0 Å². The van der Waals surface area contributed by atoms with Crippen molar-refractivity contribution in [2.45, 2.75) is 13.5 Å². The zero-order valence-electron chi connectivity index (χ0n) is 18.1. The molecule has 5 rings (SSSR count). The van der Waals surface area contributed by atoms with E-state index in [0.717, 1.165) is 5.56 Å². The van der Waals surface area contributed by atoms with Crippen LogP contribution in [0.3, 0.4) is 0 Å². The Morgan fingerprint density at radius 2 is 1.82 bits per heavy atom. The maximum absolute atomic E-state index is 13.6. The van der Waals surface area contributed by atoms with Gasteiger partial charge in [0.05, 0.1) is 5.69 Å². The van der Waals surface area contributed by atoms with E-state index in [4.69, 9.17) is 0 Å². The van der Waals surface area contributed by atoms with Crippen LogP contribution in [0.1, 0.15) is 21.6 Å².